The van der Waals surface area contributed by atoms with Gasteiger partial charge in [-0.3, -0.25) is 0 Å². The molecule has 0 radical (unpaired) electrons. The van der Waals surface area contributed by atoms with Gasteiger partial charge in [0.25, 0.3) is 0 Å². The Morgan fingerprint density at radius 3 is 2.24 bits per heavy atom. The summed E-state index contributed by atoms with van der Waals surface area (Å²) >= 11 is 0. The lowest BCUT2D eigenvalue weighted by Crippen LogP contribution is -3.00. The fraction of sp³-hybridized carbons (Fsp3) is 0.250. The Morgan fingerprint density at radius 2 is 1.53 bits per heavy atom. The number of aromatic nitrogens is 1. The first-order valence-corrected chi connectivity index (χ1v) is 11.1. The highest BCUT2D eigenvalue weighted by molar-refractivity contribution is 5.91. The lowest BCUT2D eigenvalue weighted by atomic mass is 9.95. The van der Waals surface area contributed by atoms with E-state index in [0.717, 1.165) is 58.0 Å². The maximum Gasteiger partial charge on any atom is 0.213 e. The van der Waals surface area contributed by atoms with Crippen LogP contribution in [0.25, 0.3) is 22.0 Å². The standard InChI is InChI=1S/C28H28NO4.BrH/c1-18-5-7-19(8-6-18)17-33-28-23-16-29-12-11-21-14-26(31-3)27(32-4)15-22(21)24(29)13-20(23)9-10-25(28)30-2;/h5-10,13-16H,11-12,17H2,1-4H3;1H/q+1;/p-1. The first-order valence-electron chi connectivity index (χ1n) is 11.1. The van der Waals surface area contributed by atoms with Gasteiger partial charge in [0.2, 0.25) is 5.69 Å². The Hall–Kier alpha value is -3.25. The molecule has 6 heteroatoms. The van der Waals surface area contributed by atoms with Gasteiger partial charge in [-0.2, -0.15) is 4.57 Å². The predicted molar refractivity (Wildman–Crippen MR) is 128 cm³/mol. The van der Waals surface area contributed by atoms with Crippen LogP contribution in [-0.2, 0) is 19.6 Å². The topological polar surface area (TPSA) is 40.8 Å². The second kappa shape index (κ2) is 9.94. The van der Waals surface area contributed by atoms with Gasteiger partial charge in [-0.1, -0.05) is 29.8 Å². The third kappa shape index (κ3) is 4.30. The lowest BCUT2D eigenvalue weighted by Gasteiger charge is -2.19. The fourth-order valence-corrected chi connectivity index (χ4v) is 4.48. The molecule has 0 saturated carbocycles. The quantitative estimate of drug-likeness (QED) is 0.365. The van der Waals surface area contributed by atoms with Crippen molar-refractivity contribution in [1.29, 1.82) is 0 Å². The highest BCUT2D eigenvalue weighted by Gasteiger charge is 2.27. The number of rotatable bonds is 6. The molecule has 0 N–H and O–H groups in total. The molecule has 0 amide bonds. The number of ether oxygens (including phenoxy) is 4. The molecular formula is C28H28BrNO4. The van der Waals surface area contributed by atoms with Gasteiger partial charge in [-0.05, 0) is 47.7 Å². The molecular weight excluding hydrogens is 494 g/mol. The highest BCUT2D eigenvalue weighted by atomic mass is 79.9. The molecule has 0 bridgehead atoms. The molecule has 3 aromatic carbocycles. The Bertz CT molecular complexity index is 1340. The van der Waals surface area contributed by atoms with Gasteiger partial charge in [0, 0.05) is 12.5 Å². The molecule has 0 unspecified atom stereocenters. The van der Waals surface area contributed by atoms with E-state index >= 15 is 0 Å². The van der Waals surface area contributed by atoms with Crippen molar-refractivity contribution >= 4 is 10.8 Å². The second-order valence-corrected chi connectivity index (χ2v) is 8.34. The van der Waals surface area contributed by atoms with E-state index in [1.54, 1.807) is 21.3 Å². The summed E-state index contributed by atoms with van der Waals surface area (Å²) in [6.07, 6.45) is 3.10. The summed E-state index contributed by atoms with van der Waals surface area (Å²) in [5, 5.41) is 2.14. The molecule has 0 aliphatic carbocycles. The smallest absolute Gasteiger partial charge is 0.213 e. The number of nitrogens with zero attached hydrogens (tertiary/aromatic N) is 1. The van der Waals surface area contributed by atoms with Crippen molar-refractivity contribution in [3.63, 3.8) is 0 Å². The van der Waals surface area contributed by atoms with E-state index < -0.39 is 0 Å². The molecule has 1 aromatic heterocycles. The number of benzene rings is 3. The third-order valence-corrected chi connectivity index (χ3v) is 6.31. The van der Waals surface area contributed by atoms with Crippen molar-refractivity contribution in [2.24, 2.45) is 0 Å². The van der Waals surface area contributed by atoms with E-state index in [2.05, 4.69) is 66.2 Å². The van der Waals surface area contributed by atoms with Gasteiger partial charge >= 0.3 is 0 Å². The summed E-state index contributed by atoms with van der Waals surface area (Å²) < 4.78 is 25.3. The zero-order chi connectivity index (χ0) is 22.9. The van der Waals surface area contributed by atoms with Crippen molar-refractivity contribution in [2.75, 3.05) is 21.3 Å². The lowest BCUT2D eigenvalue weighted by molar-refractivity contribution is -0.686. The normalized spacial score (nSPS) is 11.8. The van der Waals surface area contributed by atoms with E-state index in [0.29, 0.717) is 6.61 Å². The minimum atomic E-state index is 0. The number of fused-ring (bicyclic) bond motifs is 4. The van der Waals surface area contributed by atoms with E-state index in [1.165, 1.54) is 16.7 Å². The number of halogens is 1. The SMILES string of the molecule is COc1cc2c(cc1OC)-c1cc3ccc(OC)c(OCc4ccc(C)cc4)c3c[n+]1CC2.[Br-]. The Labute approximate surface area is 210 Å². The molecule has 0 fully saturated rings. The molecule has 0 atom stereocenters. The minimum absolute atomic E-state index is 0. The van der Waals surface area contributed by atoms with Gasteiger partial charge in [0.15, 0.2) is 35.7 Å². The maximum absolute atomic E-state index is 6.32. The first-order chi connectivity index (χ1) is 16.1. The molecule has 2 heterocycles. The van der Waals surface area contributed by atoms with E-state index in [-0.39, 0.29) is 17.0 Å². The van der Waals surface area contributed by atoms with Gasteiger partial charge in [-0.15, -0.1) is 0 Å². The number of hydrogen-bond donors (Lipinski definition) is 0. The molecule has 5 nitrogen and oxygen atoms in total. The number of methoxy groups -OCH3 is 3. The Balaban J connectivity index is 0.00000274. The van der Waals surface area contributed by atoms with Crippen LogP contribution in [0.3, 0.4) is 0 Å². The van der Waals surface area contributed by atoms with Crippen LogP contribution in [0, 0.1) is 6.92 Å². The van der Waals surface area contributed by atoms with E-state index in [9.17, 15) is 0 Å². The van der Waals surface area contributed by atoms with Crippen molar-refractivity contribution in [2.45, 2.75) is 26.5 Å². The third-order valence-electron chi connectivity index (χ3n) is 6.31. The minimum Gasteiger partial charge on any atom is -1.00 e. The average Bonchev–Trinajstić information content (AvgIpc) is 2.86. The fourth-order valence-electron chi connectivity index (χ4n) is 4.48. The molecule has 176 valence electrons. The van der Waals surface area contributed by atoms with Gasteiger partial charge in [0.05, 0.1) is 32.3 Å². The summed E-state index contributed by atoms with van der Waals surface area (Å²) in [4.78, 5) is 0. The van der Waals surface area contributed by atoms with Crippen LogP contribution in [0.4, 0.5) is 0 Å². The summed E-state index contributed by atoms with van der Waals surface area (Å²) in [7, 11) is 5.03. The van der Waals surface area contributed by atoms with E-state index in [4.69, 9.17) is 18.9 Å². The first kappa shape index (κ1) is 23.9. The van der Waals surface area contributed by atoms with Crippen LogP contribution in [-0.4, -0.2) is 21.3 Å². The van der Waals surface area contributed by atoms with Crippen molar-refractivity contribution < 1.29 is 40.5 Å². The Morgan fingerprint density at radius 1 is 0.824 bits per heavy atom. The van der Waals surface area contributed by atoms with Crippen molar-refractivity contribution in [1.82, 2.24) is 0 Å². The Kier molecular flexibility index (Phi) is 6.98. The molecule has 1 aliphatic heterocycles. The number of aryl methyl sites for hydroxylation is 3. The van der Waals surface area contributed by atoms with Crippen molar-refractivity contribution in [3.05, 3.63) is 77.5 Å². The van der Waals surface area contributed by atoms with Crippen molar-refractivity contribution in [3.8, 4) is 34.3 Å². The molecule has 0 spiro atoms. The average molecular weight is 522 g/mol. The monoisotopic (exact) mass is 521 g/mol. The second-order valence-electron chi connectivity index (χ2n) is 8.34. The van der Waals surface area contributed by atoms with Gasteiger partial charge < -0.3 is 35.9 Å². The summed E-state index contributed by atoms with van der Waals surface area (Å²) in [5.41, 5.74) is 5.94. The number of hydrogen-bond acceptors (Lipinski definition) is 4. The zero-order valence-corrected chi connectivity index (χ0v) is 21.4. The van der Waals surface area contributed by atoms with Crippen LogP contribution < -0.4 is 40.5 Å². The number of pyridine rings is 1. The van der Waals surface area contributed by atoms with Crippen LogP contribution in [0.2, 0.25) is 0 Å². The van der Waals surface area contributed by atoms with Crippen LogP contribution in [0.15, 0.2) is 60.8 Å². The summed E-state index contributed by atoms with van der Waals surface area (Å²) in [5.74, 6) is 3.01. The van der Waals surface area contributed by atoms with Gasteiger partial charge in [-0.25, -0.2) is 0 Å². The zero-order valence-electron chi connectivity index (χ0n) is 19.9. The highest BCUT2D eigenvalue weighted by Crippen LogP contribution is 2.40. The summed E-state index contributed by atoms with van der Waals surface area (Å²) in [6, 6.07) is 18.8. The summed E-state index contributed by atoms with van der Waals surface area (Å²) in [6.45, 7) is 3.45. The molecule has 0 saturated heterocycles. The van der Waals surface area contributed by atoms with Gasteiger partial charge in [0.1, 0.15) is 6.61 Å². The molecule has 1 aliphatic rings. The molecule has 4 aromatic rings. The predicted octanol–water partition coefficient (Wildman–Crippen LogP) is 2.27. The maximum atomic E-state index is 6.32. The van der Waals surface area contributed by atoms with Crippen LogP contribution >= 0.6 is 0 Å². The largest absolute Gasteiger partial charge is 1.00 e. The van der Waals surface area contributed by atoms with Crippen LogP contribution in [0.5, 0.6) is 23.0 Å². The molecule has 5 rings (SSSR count). The molecule has 34 heavy (non-hydrogen) atoms. The van der Waals surface area contributed by atoms with E-state index in [1.807, 2.05) is 6.07 Å². The van der Waals surface area contributed by atoms with Crippen LogP contribution in [0.1, 0.15) is 16.7 Å².